The second-order valence-corrected chi connectivity index (χ2v) is 10.8. The van der Waals surface area contributed by atoms with Crippen molar-refractivity contribution in [3.8, 4) is 11.5 Å². The minimum atomic E-state index is -0.921. The first-order chi connectivity index (χ1) is 18.8. The van der Waals surface area contributed by atoms with Gasteiger partial charge >= 0.3 is 5.97 Å². The monoisotopic (exact) mass is 597 g/mol. The topological polar surface area (TPSA) is 93.1 Å². The van der Waals surface area contributed by atoms with Crippen LogP contribution in [-0.4, -0.2) is 41.2 Å². The van der Waals surface area contributed by atoms with E-state index >= 15 is 0 Å². The Balaban J connectivity index is 1.58. The number of ketones is 2. The molecule has 204 valence electrons. The van der Waals surface area contributed by atoms with Gasteiger partial charge in [-0.25, -0.2) is 4.39 Å². The number of rotatable bonds is 8. The Morgan fingerprint density at radius 1 is 1.03 bits per heavy atom. The van der Waals surface area contributed by atoms with Crippen molar-refractivity contribution in [1.82, 2.24) is 4.90 Å². The molecule has 0 saturated heterocycles. The summed E-state index contributed by atoms with van der Waals surface area (Å²) < 4.78 is 25.6. The zero-order valence-corrected chi connectivity index (χ0v) is 23.2. The molecule has 1 heterocycles. The van der Waals surface area contributed by atoms with Crippen molar-refractivity contribution in [3.63, 3.8) is 0 Å². The van der Waals surface area contributed by atoms with E-state index < -0.39 is 11.9 Å². The van der Waals surface area contributed by atoms with Crippen LogP contribution < -0.4 is 9.47 Å². The summed E-state index contributed by atoms with van der Waals surface area (Å²) in [5.74, 6) is -0.948. The van der Waals surface area contributed by atoms with E-state index in [1.807, 2.05) is 11.0 Å². The van der Waals surface area contributed by atoms with E-state index in [-0.39, 0.29) is 37.0 Å². The number of hydrogen-bond acceptors (Lipinski definition) is 6. The molecular weight excluding hydrogens is 569 g/mol. The van der Waals surface area contributed by atoms with Gasteiger partial charge in [-0.3, -0.25) is 14.4 Å². The van der Waals surface area contributed by atoms with Gasteiger partial charge in [0.15, 0.2) is 23.1 Å². The summed E-state index contributed by atoms with van der Waals surface area (Å²) in [5.41, 5.74) is 4.34. The highest BCUT2D eigenvalue weighted by atomic mass is 79.9. The number of halogens is 2. The fourth-order valence-corrected chi connectivity index (χ4v) is 6.38. The SMILES string of the molecule is COc1cc(C2C3=C(CCCC3=O)N(CCC(=O)O)C3=C2C(=O)CCC3)cc(Br)c1OCc1ccc(F)cc1. The molecule has 0 fully saturated rings. The summed E-state index contributed by atoms with van der Waals surface area (Å²) in [6, 6.07) is 9.70. The van der Waals surface area contributed by atoms with E-state index in [1.165, 1.54) is 19.2 Å². The maximum Gasteiger partial charge on any atom is 0.305 e. The third kappa shape index (κ3) is 5.37. The minimum absolute atomic E-state index is 0.0155. The van der Waals surface area contributed by atoms with Crippen molar-refractivity contribution in [2.75, 3.05) is 13.7 Å². The predicted molar refractivity (Wildman–Crippen MR) is 145 cm³/mol. The largest absolute Gasteiger partial charge is 0.493 e. The quantitative estimate of drug-likeness (QED) is 0.395. The number of benzene rings is 2. The Bertz CT molecular complexity index is 1350. The maximum absolute atomic E-state index is 13.4. The van der Waals surface area contributed by atoms with E-state index in [2.05, 4.69) is 15.9 Å². The Morgan fingerprint density at radius 3 is 2.21 bits per heavy atom. The fourth-order valence-electron chi connectivity index (χ4n) is 5.81. The summed E-state index contributed by atoms with van der Waals surface area (Å²) in [7, 11) is 1.53. The summed E-state index contributed by atoms with van der Waals surface area (Å²) in [6.07, 6.45) is 3.37. The molecule has 0 atom stereocenters. The lowest BCUT2D eigenvalue weighted by Gasteiger charge is -2.44. The van der Waals surface area contributed by atoms with Crippen LogP contribution >= 0.6 is 15.9 Å². The number of aliphatic carboxylic acids is 1. The van der Waals surface area contributed by atoms with Crippen LogP contribution in [0.25, 0.3) is 0 Å². The van der Waals surface area contributed by atoms with E-state index in [0.717, 1.165) is 22.5 Å². The van der Waals surface area contributed by atoms with Gasteiger partial charge in [0.1, 0.15) is 12.4 Å². The first kappa shape index (κ1) is 27.1. The summed E-state index contributed by atoms with van der Waals surface area (Å²) >= 11 is 3.61. The van der Waals surface area contributed by atoms with Crippen molar-refractivity contribution in [3.05, 3.63) is 80.4 Å². The normalized spacial score (nSPS) is 17.8. The number of carbonyl (C=O) groups excluding carboxylic acids is 2. The molecule has 2 aromatic rings. The highest BCUT2D eigenvalue weighted by Crippen LogP contribution is 2.51. The average Bonchev–Trinajstić information content (AvgIpc) is 2.91. The Hall–Kier alpha value is -3.46. The number of carboxylic acids is 1. The number of ether oxygens (including phenoxy) is 2. The van der Waals surface area contributed by atoms with Gasteiger partial charge in [-0.1, -0.05) is 12.1 Å². The fraction of sp³-hybridized carbons (Fsp3) is 0.367. The Kier molecular flexibility index (Phi) is 7.88. The molecule has 0 spiro atoms. The summed E-state index contributed by atoms with van der Waals surface area (Å²) in [5, 5.41) is 9.37. The lowest BCUT2D eigenvalue weighted by Crippen LogP contribution is -2.39. The molecule has 2 aliphatic carbocycles. The summed E-state index contributed by atoms with van der Waals surface area (Å²) in [4.78, 5) is 40.3. The molecule has 1 aliphatic heterocycles. The zero-order chi connectivity index (χ0) is 27.7. The van der Waals surface area contributed by atoms with Crippen LogP contribution in [-0.2, 0) is 21.0 Å². The highest BCUT2D eigenvalue weighted by Gasteiger charge is 2.43. The van der Waals surface area contributed by atoms with E-state index in [1.54, 1.807) is 18.2 Å². The van der Waals surface area contributed by atoms with Crippen LogP contribution in [0.2, 0.25) is 0 Å². The number of carboxylic acid groups (broad SMARTS) is 1. The van der Waals surface area contributed by atoms with E-state index in [9.17, 15) is 23.9 Å². The number of methoxy groups -OCH3 is 1. The number of carbonyl (C=O) groups is 3. The Morgan fingerprint density at radius 2 is 1.64 bits per heavy atom. The first-order valence-corrected chi connectivity index (χ1v) is 13.8. The predicted octanol–water partition coefficient (Wildman–Crippen LogP) is 6.06. The molecule has 0 bridgehead atoms. The molecule has 3 aliphatic rings. The molecule has 5 rings (SSSR count). The van der Waals surface area contributed by atoms with Crippen LogP contribution in [0.4, 0.5) is 4.39 Å². The van der Waals surface area contributed by atoms with Crippen molar-refractivity contribution < 1.29 is 33.4 Å². The second kappa shape index (κ2) is 11.3. The average molecular weight is 598 g/mol. The lowest BCUT2D eigenvalue weighted by atomic mass is 9.71. The van der Waals surface area contributed by atoms with Crippen molar-refractivity contribution in [2.24, 2.45) is 0 Å². The number of allylic oxidation sites excluding steroid dienone is 4. The maximum atomic E-state index is 13.4. The molecule has 39 heavy (non-hydrogen) atoms. The van der Waals surface area contributed by atoms with Crippen LogP contribution in [0, 0.1) is 5.82 Å². The van der Waals surface area contributed by atoms with Gasteiger partial charge in [0, 0.05) is 47.8 Å². The molecule has 9 heteroatoms. The van der Waals surface area contributed by atoms with Crippen LogP contribution in [0.3, 0.4) is 0 Å². The highest BCUT2D eigenvalue weighted by molar-refractivity contribution is 9.10. The van der Waals surface area contributed by atoms with Gasteiger partial charge in [-0.15, -0.1) is 0 Å². The lowest BCUT2D eigenvalue weighted by molar-refractivity contribution is -0.137. The van der Waals surface area contributed by atoms with Crippen molar-refractivity contribution in [2.45, 2.75) is 57.5 Å². The molecule has 7 nitrogen and oxygen atoms in total. The molecule has 0 aromatic heterocycles. The van der Waals surface area contributed by atoms with Crippen molar-refractivity contribution >= 4 is 33.5 Å². The van der Waals surface area contributed by atoms with Gasteiger partial charge < -0.3 is 19.5 Å². The molecule has 1 N–H and O–H groups in total. The molecule has 0 saturated carbocycles. The molecule has 0 amide bonds. The number of Topliss-reactive ketones (excluding diaryl/α,β-unsaturated/α-hetero) is 2. The van der Waals surface area contributed by atoms with Crippen molar-refractivity contribution in [1.29, 1.82) is 0 Å². The van der Waals surface area contributed by atoms with Gasteiger partial charge in [0.25, 0.3) is 0 Å². The third-order valence-electron chi connectivity index (χ3n) is 7.52. The zero-order valence-electron chi connectivity index (χ0n) is 21.6. The molecular formula is C30H29BrFNO6. The third-order valence-corrected chi connectivity index (χ3v) is 8.11. The minimum Gasteiger partial charge on any atom is -0.493 e. The molecule has 0 unspecified atom stereocenters. The van der Waals surface area contributed by atoms with Gasteiger partial charge in [0.2, 0.25) is 0 Å². The first-order valence-electron chi connectivity index (χ1n) is 13.0. The summed E-state index contributed by atoms with van der Waals surface area (Å²) in [6.45, 7) is 0.418. The van der Waals surface area contributed by atoms with Gasteiger partial charge in [-0.05, 0) is 77.0 Å². The van der Waals surface area contributed by atoms with Gasteiger partial charge in [0.05, 0.1) is 18.0 Å². The second-order valence-electron chi connectivity index (χ2n) is 9.95. The standard InChI is InChI=1S/C30H29BrFNO6/c1-38-25-15-18(14-20(31)30(25)39-16-17-8-10-19(32)11-9-17)27-28-21(4-2-6-23(28)34)33(13-12-26(36)37)22-5-3-7-24(35)29(22)27/h8-11,14-15,27H,2-7,12-13,16H2,1H3,(H,36,37). The van der Waals surface area contributed by atoms with E-state index in [0.29, 0.717) is 65.6 Å². The Labute approximate surface area is 234 Å². The van der Waals surface area contributed by atoms with Gasteiger partial charge in [-0.2, -0.15) is 0 Å². The van der Waals surface area contributed by atoms with Crippen LogP contribution in [0.1, 0.15) is 62.0 Å². The number of hydrogen-bond donors (Lipinski definition) is 1. The molecule has 2 aromatic carbocycles. The van der Waals surface area contributed by atoms with E-state index in [4.69, 9.17) is 9.47 Å². The number of nitrogens with zero attached hydrogens (tertiary/aromatic N) is 1. The smallest absolute Gasteiger partial charge is 0.305 e. The van der Waals surface area contributed by atoms with Crippen LogP contribution in [0.15, 0.2) is 63.4 Å². The molecule has 0 radical (unpaired) electrons. The van der Waals surface area contributed by atoms with Crippen LogP contribution in [0.5, 0.6) is 11.5 Å².